The van der Waals surface area contributed by atoms with E-state index in [9.17, 15) is 4.79 Å². The van der Waals surface area contributed by atoms with Crippen LogP contribution in [0.5, 0.6) is 0 Å². The molecule has 3 rings (SSSR count). The smallest absolute Gasteiger partial charge is 0.293 e. The topological polar surface area (TPSA) is 43.7 Å². The molecule has 0 saturated heterocycles. The van der Waals surface area contributed by atoms with Gasteiger partial charge in [0, 0.05) is 23.4 Å². The number of amides is 1. The van der Waals surface area contributed by atoms with Crippen LogP contribution in [0.25, 0.3) is 0 Å². The van der Waals surface area contributed by atoms with E-state index in [1.807, 2.05) is 16.8 Å². The fourth-order valence-corrected chi connectivity index (χ4v) is 3.25. The van der Waals surface area contributed by atoms with Crippen LogP contribution in [0.1, 0.15) is 27.2 Å². The molecule has 0 unspecified atom stereocenters. The predicted molar refractivity (Wildman–Crippen MR) is 90.3 cm³/mol. The number of carbonyl (C=O) groups excluding carboxylic acids is 1. The summed E-state index contributed by atoms with van der Waals surface area (Å²) in [5.74, 6) is -0.160. The van der Waals surface area contributed by atoms with E-state index in [0.717, 1.165) is 0 Å². The van der Waals surface area contributed by atoms with Crippen molar-refractivity contribution in [2.45, 2.75) is 19.8 Å². The van der Waals surface area contributed by atoms with E-state index in [2.05, 4.69) is 34.7 Å². The van der Waals surface area contributed by atoms with E-state index in [1.54, 1.807) is 13.1 Å². The number of nitrogens with zero attached hydrogens (tertiary/aromatic N) is 2. The largest absolute Gasteiger partial charge is 0.372 e. The average Bonchev–Trinajstić information content (AvgIpc) is 3.15. The lowest BCUT2D eigenvalue weighted by atomic mass is 10.1. The van der Waals surface area contributed by atoms with Crippen LogP contribution < -0.4 is 0 Å². The summed E-state index contributed by atoms with van der Waals surface area (Å²) in [6.07, 6.45) is 1.91. The predicted octanol–water partition coefficient (Wildman–Crippen LogP) is 2.80. The van der Waals surface area contributed by atoms with Crippen LogP contribution in [0, 0.1) is 3.57 Å². The van der Waals surface area contributed by atoms with Gasteiger partial charge in [-0.05, 0) is 57.5 Å². The van der Waals surface area contributed by atoms with Crippen molar-refractivity contribution in [3.05, 3.63) is 56.4 Å². The van der Waals surface area contributed by atoms with E-state index in [0.29, 0.717) is 25.5 Å². The Morgan fingerprint density at radius 1 is 1.41 bits per heavy atom. The van der Waals surface area contributed by atoms with Crippen LogP contribution in [-0.4, -0.2) is 29.7 Å². The lowest BCUT2D eigenvalue weighted by Gasteiger charge is -2.16. The lowest BCUT2D eigenvalue weighted by molar-refractivity contribution is -0.0762. The molecule has 0 saturated carbocycles. The molecule has 0 spiro atoms. The monoisotopic (exact) mass is 412 g/mol. The summed E-state index contributed by atoms with van der Waals surface area (Å²) in [5, 5.41) is 1.23. The summed E-state index contributed by atoms with van der Waals surface area (Å²) >= 11 is 2.34. The first-order valence-electron chi connectivity index (χ1n) is 6.95. The summed E-state index contributed by atoms with van der Waals surface area (Å²) in [6, 6.07) is 8.03. The first-order valence-corrected chi connectivity index (χ1v) is 8.03. The van der Waals surface area contributed by atoms with Crippen LogP contribution in [0.3, 0.4) is 0 Å². The molecule has 0 N–H and O–H groups in total. The molecule has 0 radical (unpaired) electrons. The number of hydroxylamine groups is 2. The molecule has 2 heterocycles. The molecule has 6 heteroatoms. The Morgan fingerprint density at radius 2 is 2.14 bits per heavy atom. The van der Waals surface area contributed by atoms with Gasteiger partial charge in [0.1, 0.15) is 5.69 Å². The van der Waals surface area contributed by atoms with Crippen LogP contribution >= 0.6 is 22.6 Å². The van der Waals surface area contributed by atoms with E-state index < -0.39 is 0 Å². The molecule has 0 fully saturated rings. The number of aromatic nitrogens is 1. The molecule has 1 aliphatic heterocycles. The minimum Gasteiger partial charge on any atom is -0.372 e. The SMILES string of the molecule is CON(C)C(=O)c1cccn1Cc1cc2c(cc1I)COC2. The van der Waals surface area contributed by atoms with Crippen molar-refractivity contribution in [3.8, 4) is 0 Å². The zero-order valence-electron chi connectivity index (χ0n) is 12.5. The van der Waals surface area contributed by atoms with E-state index >= 15 is 0 Å². The Labute approximate surface area is 142 Å². The third-order valence-electron chi connectivity index (χ3n) is 3.83. The van der Waals surface area contributed by atoms with Crippen molar-refractivity contribution in [3.63, 3.8) is 0 Å². The van der Waals surface area contributed by atoms with Gasteiger partial charge in [-0.15, -0.1) is 0 Å². The zero-order valence-corrected chi connectivity index (χ0v) is 14.7. The van der Waals surface area contributed by atoms with Crippen molar-refractivity contribution >= 4 is 28.5 Å². The number of rotatable bonds is 4. The minimum absolute atomic E-state index is 0.160. The first-order chi connectivity index (χ1) is 10.6. The molecular weight excluding hydrogens is 395 g/mol. The normalized spacial score (nSPS) is 13.2. The quantitative estimate of drug-likeness (QED) is 0.573. The summed E-state index contributed by atoms with van der Waals surface area (Å²) in [7, 11) is 3.09. The molecule has 0 bridgehead atoms. The number of ether oxygens (including phenoxy) is 1. The number of halogens is 1. The second kappa shape index (κ2) is 6.39. The maximum absolute atomic E-state index is 12.3. The molecule has 116 valence electrons. The molecule has 1 aliphatic rings. The minimum atomic E-state index is -0.160. The van der Waals surface area contributed by atoms with Gasteiger partial charge in [-0.1, -0.05) is 6.07 Å². The van der Waals surface area contributed by atoms with Crippen molar-refractivity contribution in [1.82, 2.24) is 9.63 Å². The first kappa shape index (κ1) is 15.5. The van der Waals surface area contributed by atoms with Gasteiger partial charge in [0.25, 0.3) is 5.91 Å². The van der Waals surface area contributed by atoms with Gasteiger partial charge < -0.3 is 9.30 Å². The maximum Gasteiger partial charge on any atom is 0.293 e. The van der Waals surface area contributed by atoms with E-state index in [4.69, 9.17) is 9.57 Å². The summed E-state index contributed by atoms with van der Waals surface area (Å²) < 4.78 is 8.61. The Balaban J connectivity index is 1.89. The van der Waals surface area contributed by atoms with Gasteiger partial charge in [0.05, 0.1) is 20.3 Å². The molecule has 1 aromatic carbocycles. The number of hydrogen-bond acceptors (Lipinski definition) is 3. The van der Waals surface area contributed by atoms with Gasteiger partial charge in [0.2, 0.25) is 0 Å². The Hall–Kier alpha value is -1.38. The second-order valence-electron chi connectivity index (χ2n) is 5.21. The Kier molecular flexibility index (Phi) is 4.51. The summed E-state index contributed by atoms with van der Waals surface area (Å²) in [6.45, 7) is 2.01. The molecule has 2 aromatic rings. The van der Waals surface area contributed by atoms with Crippen molar-refractivity contribution in [2.24, 2.45) is 0 Å². The molecule has 1 aromatic heterocycles. The van der Waals surface area contributed by atoms with Crippen LogP contribution in [-0.2, 0) is 29.3 Å². The van der Waals surface area contributed by atoms with Gasteiger partial charge in [-0.25, -0.2) is 5.06 Å². The molecular formula is C16H17IN2O3. The highest BCUT2D eigenvalue weighted by Gasteiger charge is 2.18. The highest BCUT2D eigenvalue weighted by Crippen LogP contribution is 2.26. The van der Waals surface area contributed by atoms with E-state index in [-0.39, 0.29) is 5.91 Å². The van der Waals surface area contributed by atoms with E-state index in [1.165, 1.54) is 32.4 Å². The zero-order chi connectivity index (χ0) is 15.7. The number of fused-ring (bicyclic) bond motifs is 1. The van der Waals surface area contributed by atoms with Gasteiger partial charge in [-0.3, -0.25) is 9.63 Å². The number of hydrogen-bond donors (Lipinski definition) is 0. The van der Waals surface area contributed by atoms with Gasteiger partial charge in [0.15, 0.2) is 0 Å². The summed E-state index contributed by atoms with van der Waals surface area (Å²) in [4.78, 5) is 17.3. The van der Waals surface area contributed by atoms with Crippen LogP contribution in [0.4, 0.5) is 0 Å². The van der Waals surface area contributed by atoms with Gasteiger partial charge >= 0.3 is 0 Å². The molecule has 22 heavy (non-hydrogen) atoms. The fraction of sp³-hybridized carbons (Fsp3) is 0.312. The third kappa shape index (κ3) is 2.90. The highest BCUT2D eigenvalue weighted by atomic mass is 127. The van der Waals surface area contributed by atoms with Crippen LogP contribution in [0.15, 0.2) is 30.5 Å². The fourth-order valence-electron chi connectivity index (χ4n) is 2.55. The van der Waals surface area contributed by atoms with Crippen molar-refractivity contribution in [1.29, 1.82) is 0 Å². The second-order valence-corrected chi connectivity index (χ2v) is 6.37. The standard InChI is InChI=1S/C16H17IN2O3/c1-18(21-2)16(20)15-4-3-5-19(15)8-11-6-12-9-22-10-13(12)7-14(11)17/h3-7H,8-10H2,1-2H3. The third-order valence-corrected chi connectivity index (χ3v) is 4.84. The van der Waals surface area contributed by atoms with Gasteiger partial charge in [-0.2, -0.15) is 0 Å². The molecule has 0 aliphatic carbocycles. The molecule has 1 amide bonds. The lowest BCUT2D eigenvalue weighted by Crippen LogP contribution is -2.27. The maximum atomic E-state index is 12.3. The Morgan fingerprint density at radius 3 is 2.86 bits per heavy atom. The van der Waals surface area contributed by atoms with Crippen LogP contribution in [0.2, 0.25) is 0 Å². The molecule has 0 atom stereocenters. The average molecular weight is 412 g/mol. The van der Waals surface area contributed by atoms with Crippen molar-refractivity contribution in [2.75, 3.05) is 14.2 Å². The molecule has 5 nitrogen and oxygen atoms in total. The number of carbonyl (C=O) groups is 1. The summed E-state index contributed by atoms with van der Waals surface area (Å²) in [5.41, 5.74) is 4.30. The Bertz CT molecular complexity index is 711. The van der Waals surface area contributed by atoms with Crippen molar-refractivity contribution < 1.29 is 14.4 Å². The highest BCUT2D eigenvalue weighted by molar-refractivity contribution is 14.1. The number of benzene rings is 1.